The summed E-state index contributed by atoms with van der Waals surface area (Å²) in [4.78, 5) is 26.3. The molecule has 0 fully saturated rings. The summed E-state index contributed by atoms with van der Waals surface area (Å²) in [6, 6.07) is 9.98. The maximum absolute atomic E-state index is 13.1. The van der Waals surface area contributed by atoms with Crippen LogP contribution in [0.3, 0.4) is 0 Å². The molecular formula is C19H19Cl2FN2O2. The maximum atomic E-state index is 13.1. The van der Waals surface area contributed by atoms with Crippen molar-refractivity contribution in [3.63, 3.8) is 0 Å². The van der Waals surface area contributed by atoms with Crippen LogP contribution in [0.15, 0.2) is 42.5 Å². The highest BCUT2D eigenvalue weighted by atomic mass is 35.5. The molecule has 0 unspecified atom stereocenters. The highest BCUT2D eigenvalue weighted by Crippen LogP contribution is 2.23. The van der Waals surface area contributed by atoms with Gasteiger partial charge in [-0.25, -0.2) is 4.39 Å². The second-order valence-electron chi connectivity index (χ2n) is 5.85. The third-order valence-corrected chi connectivity index (χ3v) is 4.63. The molecule has 1 N–H and O–H groups in total. The van der Waals surface area contributed by atoms with Gasteiger partial charge in [-0.2, -0.15) is 0 Å². The predicted octanol–water partition coefficient (Wildman–Crippen LogP) is 3.84. The van der Waals surface area contributed by atoms with Gasteiger partial charge in [0.2, 0.25) is 11.8 Å². The molecule has 7 heteroatoms. The number of hydrogen-bond acceptors (Lipinski definition) is 2. The van der Waals surface area contributed by atoms with Crippen molar-refractivity contribution in [3.8, 4) is 0 Å². The first kappa shape index (κ1) is 20.2. The first-order chi connectivity index (χ1) is 12.3. The average Bonchev–Trinajstić information content (AvgIpc) is 2.61. The Balaban J connectivity index is 2.26. The molecule has 26 heavy (non-hydrogen) atoms. The van der Waals surface area contributed by atoms with Gasteiger partial charge in [0.05, 0.1) is 6.42 Å². The topological polar surface area (TPSA) is 49.4 Å². The van der Waals surface area contributed by atoms with Gasteiger partial charge in [0.1, 0.15) is 11.9 Å². The van der Waals surface area contributed by atoms with Crippen molar-refractivity contribution < 1.29 is 14.0 Å². The first-order valence-electron chi connectivity index (χ1n) is 8.01. The normalized spacial score (nSPS) is 11.7. The molecule has 0 saturated heterocycles. The Kier molecular flexibility index (Phi) is 7.00. The van der Waals surface area contributed by atoms with Crippen LogP contribution in [0, 0.1) is 5.82 Å². The van der Waals surface area contributed by atoms with Gasteiger partial charge in [-0.1, -0.05) is 41.4 Å². The van der Waals surface area contributed by atoms with Crippen molar-refractivity contribution in [2.24, 2.45) is 0 Å². The molecule has 0 saturated carbocycles. The van der Waals surface area contributed by atoms with E-state index in [0.717, 1.165) is 0 Å². The second-order valence-corrected chi connectivity index (χ2v) is 6.69. The van der Waals surface area contributed by atoms with Crippen LogP contribution in [0.4, 0.5) is 4.39 Å². The molecule has 0 aliphatic heterocycles. The lowest BCUT2D eigenvalue weighted by Crippen LogP contribution is -2.47. The molecule has 0 aliphatic carbocycles. The molecule has 0 aliphatic rings. The minimum atomic E-state index is -0.695. The minimum Gasteiger partial charge on any atom is -0.357 e. The zero-order valence-electron chi connectivity index (χ0n) is 14.4. The smallest absolute Gasteiger partial charge is 0.242 e. The van der Waals surface area contributed by atoms with Crippen LogP contribution < -0.4 is 5.32 Å². The fraction of sp³-hybridized carbons (Fsp3) is 0.263. The zero-order valence-corrected chi connectivity index (χ0v) is 15.9. The van der Waals surface area contributed by atoms with E-state index < -0.39 is 6.04 Å². The van der Waals surface area contributed by atoms with Gasteiger partial charge in [-0.3, -0.25) is 9.59 Å². The number of nitrogens with one attached hydrogen (secondary N) is 1. The Morgan fingerprint density at radius 1 is 1.15 bits per heavy atom. The van der Waals surface area contributed by atoms with Crippen LogP contribution in [-0.2, 0) is 22.6 Å². The van der Waals surface area contributed by atoms with Gasteiger partial charge >= 0.3 is 0 Å². The molecule has 2 rings (SSSR count). The molecule has 0 aromatic heterocycles. The van der Waals surface area contributed by atoms with Crippen LogP contribution in [0.5, 0.6) is 0 Å². The van der Waals surface area contributed by atoms with Crippen molar-refractivity contribution in [3.05, 3.63) is 69.5 Å². The van der Waals surface area contributed by atoms with E-state index in [1.807, 2.05) is 0 Å². The third-order valence-electron chi connectivity index (χ3n) is 4.04. The predicted molar refractivity (Wildman–Crippen MR) is 101 cm³/mol. The molecule has 0 spiro atoms. The minimum absolute atomic E-state index is 0.0484. The number of likely N-dealkylation sites (N-methyl/N-ethyl adjacent to an activating group) is 1. The molecule has 0 radical (unpaired) electrons. The Labute approximate surface area is 161 Å². The first-order valence-corrected chi connectivity index (χ1v) is 8.77. The Morgan fingerprint density at radius 3 is 2.38 bits per heavy atom. The standard InChI is InChI=1S/C19H19Cl2FN2O2/c1-12(19(26)23-2)24(11-14-5-6-15(20)10-17(14)21)18(25)9-13-3-7-16(22)8-4-13/h3-8,10,12H,9,11H2,1-2H3,(H,23,26)/t12-/m1/s1. The molecule has 0 bridgehead atoms. The summed E-state index contributed by atoms with van der Waals surface area (Å²) >= 11 is 12.1. The number of amides is 2. The quantitative estimate of drug-likeness (QED) is 0.806. The third kappa shape index (κ3) is 5.19. The number of halogens is 3. The maximum Gasteiger partial charge on any atom is 0.242 e. The number of nitrogens with zero attached hydrogens (tertiary/aromatic N) is 1. The highest BCUT2D eigenvalue weighted by molar-refractivity contribution is 6.35. The van der Waals surface area contributed by atoms with Gasteiger partial charge in [0.15, 0.2) is 0 Å². The second kappa shape index (κ2) is 9.01. The Bertz CT molecular complexity index is 797. The van der Waals surface area contributed by atoms with E-state index in [1.54, 1.807) is 37.3 Å². The van der Waals surface area contributed by atoms with Crippen LogP contribution >= 0.6 is 23.2 Å². The van der Waals surface area contributed by atoms with Gasteiger partial charge in [0.25, 0.3) is 0 Å². The molecule has 1 atom stereocenters. The number of carbonyl (C=O) groups is 2. The van der Waals surface area contributed by atoms with Crippen molar-refractivity contribution >= 4 is 35.0 Å². The number of hydrogen-bond donors (Lipinski definition) is 1. The fourth-order valence-electron chi connectivity index (χ4n) is 2.50. The van der Waals surface area contributed by atoms with Crippen molar-refractivity contribution in [2.75, 3.05) is 7.05 Å². The zero-order chi connectivity index (χ0) is 19.3. The van der Waals surface area contributed by atoms with E-state index >= 15 is 0 Å². The number of rotatable bonds is 6. The summed E-state index contributed by atoms with van der Waals surface area (Å²) < 4.78 is 13.1. The molecule has 2 amide bonds. The summed E-state index contributed by atoms with van der Waals surface area (Å²) in [6.45, 7) is 1.80. The monoisotopic (exact) mass is 396 g/mol. The van der Waals surface area contributed by atoms with Gasteiger partial charge in [-0.15, -0.1) is 0 Å². The number of carbonyl (C=O) groups excluding carboxylic acids is 2. The largest absolute Gasteiger partial charge is 0.357 e. The van der Waals surface area contributed by atoms with Gasteiger partial charge in [0, 0.05) is 23.6 Å². The fourth-order valence-corrected chi connectivity index (χ4v) is 2.97. The lowest BCUT2D eigenvalue weighted by Gasteiger charge is -2.29. The molecular weight excluding hydrogens is 378 g/mol. The Hall–Kier alpha value is -2.11. The number of benzene rings is 2. The molecule has 138 valence electrons. The highest BCUT2D eigenvalue weighted by Gasteiger charge is 2.26. The van der Waals surface area contributed by atoms with E-state index in [-0.39, 0.29) is 30.6 Å². The van der Waals surface area contributed by atoms with Gasteiger partial charge < -0.3 is 10.2 Å². The average molecular weight is 397 g/mol. The molecule has 2 aromatic rings. The van der Waals surface area contributed by atoms with Crippen LogP contribution in [0.25, 0.3) is 0 Å². The lowest BCUT2D eigenvalue weighted by atomic mass is 10.1. The summed E-state index contributed by atoms with van der Waals surface area (Å²) in [7, 11) is 1.51. The van der Waals surface area contributed by atoms with Crippen molar-refractivity contribution in [1.82, 2.24) is 10.2 Å². The van der Waals surface area contributed by atoms with Crippen LogP contribution in [0.1, 0.15) is 18.1 Å². The Morgan fingerprint density at radius 2 is 1.81 bits per heavy atom. The van der Waals surface area contributed by atoms with Crippen LogP contribution in [0.2, 0.25) is 10.0 Å². The van der Waals surface area contributed by atoms with Crippen molar-refractivity contribution in [1.29, 1.82) is 0 Å². The molecule has 4 nitrogen and oxygen atoms in total. The van der Waals surface area contributed by atoms with E-state index in [9.17, 15) is 14.0 Å². The van der Waals surface area contributed by atoms with E-state index in [0.29, 0.717) is 21.2 Å². The van der Waals surface area contributed by atoms with Crippen LogP contribution in [-0.4, -0.2) is 29.8 Å². The summed E-state index contributed by atoms with van der Waals surface area (Å²) in [5.74, 6) is -0.925. The molecule has 0 heterocycles. The summed E-state index contributed by atoms with van der Waals surface area (Å²) in [6.07, 6.45) is 0.0484. The SMILES string of the molecule is CNC(=O)[C@@H](C)N(Cc1ccc(Cl)cc1Cl)C(=O)Cc1ccc(F)cc1. The van der Waals surface area contributed by atoms with E-state index in [4.69, 9.17) is 23.2 Å². The summed E-state index contributed by atoms with van der Waals surface area (Å²) in [5, 5.41) is 3.45. The lowest BCUT2D eigenvalue weighted by molar-refractivity contribution is -0.139. The van der Waals surface area contributed by atoms with E-state index in [2.05, 4.69) is 5.32 Å². The van der Waals surface area contributed by atoms with E-state index in [1.165, 1.54) is 24.1 Å². The molecule has 2 aromatic carbocycles. The van der Waals surface area contributed by atoms with Crippen molar-refractivity contribution in [2.45, 2.75) is 25.9 Å². The van der Waals surface area contributed by atoms with Gasteiger partial charge in [-0.05, 0) is 42.3 Å². The summed E-state index contributed by atoms with van der Waals surface area (Å²) in [5.41, 5.74) is 1.34.